The molecule has 2 aromatic heterocycles. The van der Waals surface area contributed by atoms with Crippen LogP contribution in [0.4, 0.5) is 0 Å². The molecule has 0 saturated carbocycles. The molecule has 2 aliphatic heterocycles. The van der Waals surface area contributed by atoms with Gasteiger partial charge in [0.25, 0.3) is 0 Å². The molecule has 0 radical (unpaired) electrons. The number of rotatable bonds is 4. The topological polar surface area (TPSA) is 23.4 Å². The number of nitrogens with zero attached hydrogens (tertiary/aromatic N) is 1. The van der Waals surface area contributed by atoms with Gasteiger partial charge < -0.3 is 13.9 Å². The summed E-state index contributed by atoms with van der Waals surface area (Å²) in [5.74, 6) is 0. The molecule has 0 atom stereocenters. The molecule has 3 nitrogen and oxygen atoms in total. The molecule has 11 rings (SSSR count). The van der Waals surface area contributed by atoms with E-state index in [4.69, 9.17) is 9.31 Å². The zero-order valence-electron chi connectivity index (χ0n) is 33.5. The van der Waals surface area contributed by atoms with Crippen LogP contribution in [0.3, 0.4) is 0 Å². The number of aryl methyl sites for hydroxylation is 1. The largest absolute Gasteiger partial charge is 0.494 e. The van der Waals surface area contributed by atoms with E-state index in [2.05, 4.69) is 192 Å². The zero-order valence-corrected chi connectivity index (χ0v) is 35.3. The lowest BCUT2D eigenvalue weighted by atomic mass is 9.78. The van der Waals surface area contributed by atoms with E-state index in [0.29, 0.717) is 0 Å². The average Bonchev–Trinajstić information content (AvgIpc) is 3.87. The predicted molar refractivity (Wildman–Crippen MR) is 247 cm³/mol. The summed E-state index contributed by atoms with van der Waals surface area (Å²) in [4.78, 5) is 0. The third-order valence-corrected chi connectivity index (χ3v) is 18.0. The molecule has 0 bridgehead atoms. The van der Waals surface area contributed by atoms with Crippen LogP contribution in [-0.2, 0) is 9.31 Å². The summed E-state index contributed by atoms with van der Waals surface area (Å²) < 4.78 is 18.2. The normalized spacial score (nSPS) is 16.6. The molecule has 6 heteroatoms. The van der Waals surface area contributed by atoms with Gasteiger partial charge in [0.2, 0.25) is 0 Å². The second kappa shape index (κ2) is 12.1. The highest BCUT2D eigenvalue weighted by Crippen LogP contribution is 2.41. The fraction of sp³-hybridized carbons (Fsp3) is 0.176. The highest BCUT2D eigenvalue weighted by molar-refractivity contribution is 7.25. The number of fused-ring (bicyclic) bond motifs is 9. The van der Waals surface area contributed by atoms with Gasteiger partial charge in [0.05, 0.1) is 22.2 Å². The Morgan fingerprint density at radius 3 is 1.84 bits per heavy atom. The lowest BCUT2D eigenvalue weighted by Gasteiger charge is -2.32. The van der Waals surface area contributed by atoms with Crippen LogP contribution in [-0.4, -0.2) is 31.0 Å². The van der Waals surface area contributed by atoms with Gasteiger partial charge in [0.15, 0.2) is 0 Å². The van der Waals surface area contributed by atoms with Gasteiger partial charge >= 0.3 is 7.12 Å². The molecule has 9 aromatic rings. The van der Waals surface area contributed by atoms with Crippen molar-refractivity contribution in [2.24, 2.45) is 0 Å². The van der Waals surface area contributed by atoms with Crippen molar-refractivity contribution < 1.29 is 9.31 Å². The van der Waals surface area contributed by atoms with E-state index < -0.39 is 26.4 Å². The Morgan fingerprint density at radius 1 is 0.526 bits per heavy atom. The molecule has 1 saturated heterocycles. The average molecular weight is 774 g/mol. The molecule has 0 spiro atoms. The van der Waals surface area contributed by atoms with Crippen molar-refractivity contribution >= 4 is 84.3 Å². The minimum atomic E-state index is -1.77. The number of thiophene rings is 1. The van der Waals surface area contributed by atoms with Crippen LogP contribution in [0.25, 0.3) is 81.0 Å². The Hall–Kier alpha value is -5.24. The first kappa shape index (κ1) is 35.0. The number of benzene rings is 7. The lowest BCUT2D eigenvalue weighted by molar-refractivity contribution is 0.00578. The standard InChI is InChI=1S/C51H44BNO2SSi/c1-31-12-24-46-42(26-31)43-28-34(17-25-47(43)56-46)33-16-22-44-40(27-33)41-30-36(52-54-50(2,3)51(4,5)55-52)18-23-45(41)53(44)37-19-13-32(14-20-37)35-15-21-39-38-10-8-9-11-48(38)57(6,7)49(39)29-35/h8-30H,1-7H3. The number of hydrogen-bond donors (Lipinski definition) is 0. The maximum atomic E-state index is 6.56. The summed E-state index contributed by atoms with van der Waals surface area (Å²) in [5, 5.41) is 8.12. The van der Waals surface area contributed by atoms with Gasteiger partial charge in [0.1, 0.15) is 8.07 Å². The fourth-order valence-corrected chi connectivity index (χ4v) is 13.6. The quantitative estimate of drug-likeness (QED) is 0.166. The fourth-order valence-electron chi connectivity index (χ4n) is 9.38. The molecule has 0 unspecified atom stereocenters. The molecule has 0 aliphatic carbocycles. The van der Waals surface area contributed by atoms with Crippen LogP contribution in [0.2, 0.25) is 13.1 Å². The molecule has 57 heavy (non-hydrogen) atoms. The van der Waals surface area contributed by atoms with E-state index in [1.165, 1.54) is 80.6 Å². The minimum Gasteiger partial charge on any atom is -0.399 e. The van der Waals surface area contributed by atoms with E-state index in [0.717, 1.165) is 16.7 Å². The molecule has 0 amide bonds. The smallest absolute Gasteiger partial charge is 0.399 e. The second-order valence-electron chi connectivity index (χ2n) is 17.7. The van der Waals surface area contributed by atoms with Crippen LogP contribution >= 0.6 is 11.3 Å². The molecular formula is C51H44BNO2SSi. The molecule has 0 N–H and O–H groups in total. The van der Waals surface area contributed by atoms with E-state index >= 15 is 0 Å². The molecular weight excluding hydrogens is 730 g/mol. The van der Waals surface area contributed by atoms with Gasteiger partial charge in [-0.2, -0.15) is 0 Å². The first-order valence-corrected chi connectivity index (χ1v) is 23.9. The highest BCUT2D eigenvalue weighted by Gasteiger charge is 2.51. The third-order valence-electron chi connectivity index (χ3n) is 13.3. The van der Waals surface area contributed by atoms with Crippen LogP contribution < -0.4 is 15.8 Å². The summed E-state index contributed by atoms with van der Waals surface area (Å²) in [6.45, 7) is 15.6. The van der Waals surface area contributed by atoms with E-state index in [9.17, 15) is 0 Å². The Morgan fingerprint density at radius 2 is 1.09 bits per heavy atom. The monoisotopic (exact) mass is 773 g/mol. The van der Waals surface area contributed by atoms with Crippen molar-refractivity contribution in [3.63, 3.8) is 0 Å². The Balaban J connectivity index is 1.04. The van der Waals surface area contributed by atoms with Gasteiger partial charge in [0, 0.05) is 36.6 Å². The Bertz CT molecular complexity index is 3120. The van der Waals surface area contributed by atoms with Gasteiger partial charge in [-0.15, -0.1) is 11.3 Å². The predicted octanol–water partition coefficient (Wildman–Crippen LogP) is 11.9. The summed E-state index contributed by atoms with van der Waals surface area (Å²) in [5.41, 5.74) is 12.7. The van der Waals surface area contributed by atoms with Gasteiger partial charge in [-0.25, -0.2) is 0 Å². The third kappa shape index (κ3) is 5.24. The molecule has 4 heterocycles. The van der Waals surface area contributed by atoms with Crippen molar-refractivity contribution in [3.8, 4) is 39.1 Å². The van der Waals surface area contributed by atoms with Gasteiger partial charge in [-0.3, -0.25) is 0 Å². The van der Waals surface area contributed by atoms with E-state index in [1.807, 2.05) is 11.3 Å². The van der Waals surface area contributed by atoms with Crippen molar-refractivity contribution in [3.05, 3.63) is 145 Å². The van der Waals surface area contributed by atoms with E-state index in [-0.39, 0.29) is 0 Å². The molecule has 7 aromatic carbocycles. The maximum absolute atomic E-state index is 6.56. The first-order valence-electron chi connectivity index (χ1n) is 20.1. The molecule has 278 valence electrons. The Kier molecular flexibility index (Phi) is 7.45. The van der Waals surface area contributed by atoms with Crippen molar-refractivity contribution in [1.29, 1.82) is 0 Å². The highest BCUT2D eigenvalue weighted by atomic mass is 32.1. The van der Waals surface area contributed by atoms with E-state index in [1.54, 1.807) is 5.19 Å². The maximum Gasteiger partial charge on any atom is 0.494 e. The summed E-state index contributed by atoms with van der Waals surface area (Å²) in [6, 6.07) is 52.7. The minimum absolute atomic E-state index is 0.417. The summed E-state index contributed by atoms with van der Waals surface area (Å²) in [6.07, 6.45) is 0. The van der Waals surface area contributed by atoms with Crippen LogP contribution in [0.5, 0.6) is 0 Å². The van der Waals surface area contributed by atoms with Crippen LogP contribution in [0.15, 0.2) is 140 Å². The van der Waals surface area contributed by atoms with Gasteiger partial charge in [-0.05, 0) is 138 Å². The SMILES string of the molecule is Cc1ccc2sc3ccc(-c4ccc5c(c4)c4cc(B6OC(C)(C)C(C)(C)O6)ccc4n5-c4ccc(-c5ccc6c(c5)[Si](C)(C)c5ccccc5-6)cc4)cc3c2c1. The molecule has 2 aliphatic rings. The van der Waals surface area contributed by atoms with Crippen molar-refractivity contribution in [1.82, 2.24) is 4.57 Å². The lowest BCUT2D eigenvalue weighted by Crippen LogP contribution is -2.49. The summed E-state index contributed by atoms with van der Waals surface area (Å²) in [7, 11) is -2.21. The Labute approximate surface area is 339 Å². The van der Waals surface area contributed by atoms with Crippen molar-refractivity contribution in [2.45, 2.75) is 58.9 Å². The molecule has 1 fully saturated rings. The van der Waals surface area contributed by atoms with Gasteiger partial charge in [-0.1, -0.05) is 104 Å². The zero-order chi connectivity index (χ0) is 39.0. The van der Waals surface area contributed by atoms with Crippen LogP contribution in [0.1, 0.15) is 33.3 Å². The van der Waals surface area contributed by atoms with Crippen LogP contribution in [0, 0.1) is 6.92 Å². The first-order chi connectivity index (χ1) is 27.4. The second-order valence-corrected chi connectivity index (χ2v) is 23.1. The van der Waals surface area contributed by atoms with Crippen molar-refractivity contribution in [2.75, 3.05) is 0 Å². The summed E-state index contributed by atoms with van der Waals surface area (Å²) >= 11 is 1.87. The number of hydrogen-bond acceptors (Lipinski definition) is 3. The number of aromatic nitrogens is 1.